The molecule has 2 aromatic carbocycles. The van der Waals surface area contributed by atoms with Crippen LogP contribution in [0.5, 0.6) is 0 Å². The first kappa shape index (κ1) is 21.5. The third-order valence-electron chi connectivity index (χ3n) is 7.56. The molecule has 2 N–H and O–H groups in total. The van der Waals surface area contributed by atoms with Crippen LogP contribution in [0.4, 0.5) is 4.79 Å². The number of nitrogens with one attached hydrogen (secondary N) is 1. The number of rotatable bonds is 6. The minimum Gasteiger partial charge on any atom is -0.481 e. The fraction of sp³-hybridized carbons (Fsp3) is 0.423. The van der Waals surface area contributed by atoms with Crippen LogP contribution in [-0.4, -0.2) is 53.7 Å². The van der Waals surface area contributed by atoms with Gasteiger partial charge in [-0.1, -0.05) is 48.5 Å². The molecule has 2 unspecified atom stereocenters. The van der Waals surface area contributed by atoms with Crippen molar-refractivity contribution in [1.29, 1.82) is 0 Å². The predicted octanol–water partition coefficient (Wildman–Crippen LogP) is 3.63. The largest absolute Gasteiger partial charge is 0.481 e. The number of carboxylic acid groups (broad SMARTS) is 1. The van der Waals surface area contributed by atoms with E-state index in [2.05, 4.69) is 29.6 Å². The fourth-order valence-corrected chi connectivity index (χ4v) is 5.37. The Balaban J connectivity index is 1.18. The van der Waals surface area contributed by atoms with Gasteiger partial charge in [0.05, 0.1) is 11.3 Å². The average molecular weight is 449 g/mol. The Morgan fingerprint density at radius 2 is 1.67 bits per heavy atom. The molecule has 5 rings (SSSR count). The third-order valence-corrected chi connectivity index (χ3v) is 7.56. The van der Waals surface area contributed by atoms with Crippen LogP contribution in [-0.2, 0) is 14.3 Å². The highest BCUT2D eigenvalue weighted by molar-refractivity contribution is 5.88. The first-order chi connectivity index (χ1) is 15.9. The molecule has 1 saturated heterocycles. The number of likely N-dealkylation sites (tertiary alicyclic amines) is 1. The maximum Gasteiger partial charge on any atom is 0.407 e. The topological polar surface area (TPSA) is 95.9 Å². The van der Waals surface area contributed by atoms with Gasteiger partial charge < -0.3 is 20.1 Å². The molecular formula is C26H28N2O5. The number of carbonyl (C=O) groups is 3. The van der Waals surface area contributed by atoms with Gasteiger partial charge in [0.1, 0.15) is 6.61 Å². The molecule has 0 radical (unpaired) electrons. The van der Waals surface area contributed by atoms with E-state index in [4.69, 9.17) is 4.74 Å². The summed E-state index contributed by atoms with van der Waals surface area (Å²) in [7, 11) is 0. The molecule has 2 amide bonds. The highest BCUT2D eigenvalue weighted by Crippen LogP contribution is 2.48. The van der Waals surface area contributed by atoms with E-state index in [9.17, 15) is 19.5 Å². The van der Waals surface area contributed by atoms with Gasteiger partial charge in [-0.3, -0.25) is 9.59 Å². The number of carboxylic acids is 1. The van der Waals surface area contributed by atoms with Crippen molar-refractivity contribution < 1.29 is 24.2 Å². The number of ether oxygens (including phenoxy) is 1. The van der Waals surface area contributed by atoms with Gasteiger partial charge in [-0.25, -0.2) is 4.79 Å². The summed E-state index contributed by atoms with van der Waals surface area (Å²) in [6.07, 6.45) is 1.32. The summed E-state index contributed by atoms with van der Waals surface area (Å²) in [6.45, 7) is 2.68. The number of alkyl carbamates (subject to hydrolysis) is 1. The van der Waals surface area contributed by atoms with Crippen molar-refractivity contribution in [3.8, 4) is 11.1 Å². The van der Waals surface area contributed by atoms with Crippen molar-refractivity contribution in [3.63, 3.8) is 0 Å². The number of hydrogen-bond donors (Lipinski definition) is 2. The standard InChI is InChI=1S/C26H28N2O5/c1-16-17(23(29)30)10-13-28(16)24(31)26(11-12-26)15-27-25(32)33-14-22-20-8-4-2-6-18(20)19-7-3-5-9-21(19)22/h2-9,16-17,22H,10-15H2,1H3,(H,27,32)(H,29,30). The van der Waals surface area contributed by atoms with Crippen molar-refractivity contribution in [2.75, 3.05) is 19.7 Å². The van der Waals surface area contributed by atoms with E-state index >= 15 is 0 Å². The molecule has 2 aliphatic carbocycles. The Kier molecular flexibility index (Phi) is 5.35. The van der Waals surface area contributed by atoms with Gasteiger partial charge in [0.15, 0.2) is 0 Å². The van der Waals surface area contributed by atoms with Crippen molar-refractivity contribution in [3.05, 3.63) is 59.7 Å². The van der Waals surface area contributed by atoms with Gasteiger partial charge in [0, 0.05) is 25.0 Å². The van der Waals surface area contributed by atoms with Crippen LogP contribution in [0.3, 0.4) is 0 Å². The summed E-state index contributed by atoms with van der Waals surface area (Å²) >= 11 is 0. The molecule has 172 valence electrons. The lowest BCUT2D eigenvalue weighted by Gasteiger charge is -2.28. The fourth-order valence-electron chi connectivity index (χ4n) is 5.37. The molecule has 1 heterocycles. The van der Waals surface area contributed by atoms with E-state index in [0.717, 1.165) is 11.1 Å². The van der Waals surface area contributed by atoms with Crippen LogP contribution in [0.2, 0.25) is 0 Å². The molecule has 33 heavy (non-hydrogen) atoms. The lowest BCUT2D eigenvalue weighted by Crippen LogP contribution is -2.45. The molecule has 7 heteroatoms. The minimum atomic E-state index is -0.862. The summed E-state index contributed by atoms with van der Waals surface area (Å²) in [5, 5.41) is 12.1. The van der Waals surface area contributed by atoms with E-state index in [1.807, 2.05) is 24.3 Å². The van der Waals surface area contributed by atoms with E-state index in [1.54, 1.807) is 11.8 Å². The Morgan fingerprint density at radius 1 is 1.06 bits per heavy atom. The number of benzene rings is 2. The van der Waals surface area contributed by atoms with Crippen molar-refractivity contribution in [1.82, 2.24) is 10.2 Å². The van der Waals surface area contributed by atoms with E-state index < -0.39 is 23.4 Å². The first-order valence-electron chi connectivity index (χ1n) is 11.5. The van der Waals surface area contributed by atoms with E-state index in [1.165, 1.54) is 11.1 Å². The number of hydrogen-bond acceptors (Lipinski definition) is 4. The van der Waals surface area contributed by atoms with Gasteiger partial charge in [-0.2, -0.15) is 0 Å². The van der Waals surface area contributed by atoms with Crippen molar-refractivity contribution in [2.24, 2.45) is 11.3 Å². The van der Waals surface area contributed by atoms with Gasteiger partial charge >= 0.3 is 12.1 Å². The number of carbonyl (C=O) groups excluding carboxylic acids is 2. The molecular weight excluding hydrogens is 420 g/mol. The summed E-state index contributed by atoms with van der Waals surface area (Å²) in [5.41, 5.74) is 4.01. The Morgan fingerprint density at radius 3 is 2.21 bits per heavy atom. The zero-order chi connectivity index (χ0) is 23.2. The Labute approximate surface area is 192 Å². The molecule has 0 aromatic heterocycles. The van der Waals surface area contributed by atoms with Crippen LogP contribution in [0, 0.1) is 11.3 Å². The minimum absolute atomic E-state index is 0.0157. The van der Waals surface area contributed by atoms with Crippen molar-refractivity contribution in [2.45, 2.75) is 38.1 Å². The normalized spacial score (nSPS) is 22.4. The third kappa shape index (κ3) is 3.75. The van der Waals surface area contributed by atoms with Crippen LogP contribution in [0.1, 0.15) is 43.2 Å². The number of amides is 2. The Hall–Kier alpha value is -3.35. The van der Waals surface area contributed by atoms with Crippen LogP contribution < -0.4 is 5.32 Å². The molecule has 7 nitrogen and oxygen atoms in total. The molecule has 2 fully saturated rings. The zero-order valence-electron chi connectivity index (χ0n) is 18.6. The SMILES string of the molecule is CC1C(C(=O)O)CCN1C(=O)C1(CNC(=O)OCC2c3ccccc3-c3ccccc32)CC1. The van der Waals surface area contributed by atoms with Crippen LogP contribution in [0.25, 0.3) is 11.1 Å². The van der Waals surface area contributed by atoms with Crippen LogP contribution >= 0.6 is 0 Å². The van der Waals surface area contributed by atoms with E-state index in [-0.39, 0.29) is 31.0 Å². The highest BCUT2D eigenvalue weighted by atomic mass is 16.5. The second kappa shape index (κ2) is 8.21. The zero-order valence-corrected chi connectivity index (χ0v) is 18.6. The maximum absolute atomic E-state index is 13.1. The highest BCUT2D eigenvalue weighted by Gasteiger charge is 2.54. The summed E-state index contributed by atoms with van der Waals surface area (Å²) in [5.74, 6) is -1.46. The van der Waals surface area contributed by atoms with Gasteiger partial charge in [0.2, 0.25) is 5.91 Å². The second-order valence-electron chi connectivity index (χ2n) is 9.43. The smallest absolute Gasteiger partial charge is 0.407 e. The summed E-state index contributed by atoms with van der Waals surface area (Å²) in [4.78, 5) is 38.7. The summed E-state index contributed by atoms with van der Waals surface area (Å²) < 4.78 is 5.59. The monoisotopic (exact) mass is 448 g/mol. The van der Waals surface area contributed by atoms with Gasteiger partial charge in [0.25, 0.3) is 0 Å². The molecule has 2 atom stereocenters. The first-order valence-corrected chi connectivity index (χ1v) is 11.5. The summed E-state index contributed by atoms with van der Waals surface area (Å²) in [6, 6.07) is 16.0. The molecule has 1 aliphatic heterocycles. The van der Waals surface area contributed by atoms with Crippen LogP contribution in [0.15, 0.2) is 48.5 Å². The predicted molar refractivity (Wildman–Crippen MR) is 122 cm³/mol. The molecule has 3 aliphatic rings. The number of nitrogens with zero attached hydrogens (tertiary/aromatic N) is 1. The quantitative estimate of drug-likeness (QED) is 0.704. The second-order valence-corrected chi connectivity index (χ2v) is 9.43. The lowest BCUT2D eigenvalue weighted by molar-refractivity contribution is -0.144. The Bertz CT molecular complexity index is 1060. The molecule has 1 saturated carbocycles. The number of fused-ring (bicyclic) bond motifs is 3. The lowest BCUT2D eigenvalue weighted by atomic mass is 9.98. The van der Waals surface area contributed by atoms with Gasteiger partial charge in [-0.05, 0) is 48.4 Å². The van der Waals surface area contributed by atoms with E-state index in [0.29, 0.717) is 25.8 Å². The van der Waals surface area contributed by atoms with Gasteiger partial charge in [-0.15, -0.1) is 0 Å². The average Bonchev–Trinajstić information content (AvgIpc) is 3.42. The molecule has 0 bridgehead atoms. The number of aliphatic carboxylic acids is 1. The maximum atomic E-state index is 13.1. The van der Waals surface area contributed by atoms with Crippen molar-refractivity contribution >= 4 is 18.0 Å². The molecule has 0 spiro atoms. The molecule has 2 aromatic rings.